The normalized spacial score (nSPS) is 18.1. The molecule has 20 heavy (non-hydrogen) atoms. The quantitative estimate of drug-likeness (QED) is 0.716. The van der Waals surface area contributed by atoms with Crippen LogP contribution in [0.15, 0.2) is 24.3 Å². The van der Waals surface area contributed by atoms with E-state index in [1.54, 1.807) is 12.1 Å². The number of aliphatic hydroxyl groups excluding tert-OH is 1. The maximum absolute atomic E-state index is 9.88. The fraction of sp³-hybridized carbons (Fsp3) is 0.625. The molecule has 1 aromatic rings. The first-order chi connectivity index (χ1) is 9.75. The van der Waals surface area contributed by atoms with Gasteiger partial charge in [0.1, 0.15) is 5.75 Å². The fourth-order valence-electron chi connectivity index (χ4n) is 2.57. The van der Waals surface area contributed by atoms with E-state index >= 15 is 0 Å². The van der Waals surface area contributed by atoms with Crippen LogP contribution in [0.25, 0.3) is 0 Å². The third-order valence-corrected chi connectivity index (χ3v) is 3.76. The van der Waals surface area contributed by atoms with Gasteiger partial charge in [-0.2, -0.15) is 0 Å². The second kappa shape index (κ2) is 8.25. The second-order valence-electron chi connectivity index (χ2n) is 5.51. The number of hydrogen-bond donors (Lipinski definition) is 3. The summed E-state index contributed by atoms with van der Waals surface area (Å²) >= 11 is 0. The Hall–Kier alpha value is -1.10. The van der Waals surface area contributed by atoms with Gasteiger partial charge >= 0.3 is 0 Å². The molecular weight excluding hydrogens is 254 g/mol. The molecule has 0 aromatic heterocycles. The van der Waals surface area contributed by atoms with E-state index in [2.05, 4.69) is 5.32 Å². The van der Waals surface area contributed by atoms with Crippen molar-refractivity contribution in [3.63, 3.8) is 0 Å². The van der Waals surface area contributed by atoms with Crippen molar-refractivity contribution < 1.29 is 14.9 Å². The molecule has 0 amide bonds. The summed E-state index contributed by atoms with van der Waals surface area (Å²) in [5.74, 6) is 0.285. The molecular formula is C16H25NO3. The van der Waals surface area contributed by atoms with E-state index in [0.29, 0.717) is 25.8 Å². The Morgan fingerprint density at radius 3 is 2.70 bits per heavy atom. The first kappa shape index (κ1) is 15.3. The van der Waals surface area contributed by atoms with E-state index in [1.165, 1.54) is 19.3 Å². The first-order valence-corrected chi connectivity index (χ1v) is 7.53. The highest BCUT2D eigenvalue weighted by Crippen LogP contribution is 2.20. The van der Waals surface area contributed by atoms with Crippen LogP contribution in [0.2, 0.25) is 0 Å². The van der Waals surface area contributed by atoms with Crippen molar-refractivity contribution in [3.8, 4) is 5.75 Å². The molecule has 0 aliphatic heterocycles. The van der Waals surface area contributed by atoms with Crippen molar-refractivity contribution in [3.05, 3.63) is 29.8 Å². The van der Waals surface area contributed by atoms with Crippen LogP contribution in [0.4, 0.5) is 0 Å². The number of benzene rings is 1. The minimum Gasteiger partial charge on any atom is -0.508 e. The summed E-state index contributed by atoms with van der Waals surface area (Å²) in [5.41, 5.74) is 0.841. The number of rotatable bonds is 7. The number of ether oxygens (including phenoxy) is 1. The van der Waals surface area contributed by atoms with Crippen molar-refractivity contribution in [2.24, 2.45) is 0 Å². The smallest absolute Gasteiger partial charge is 0.120 e. The first-order valence-electron chi connectivity index (χ1n) is 7.53. The van der Waals surface area contributed by atoms with Crippen molar-refractivity contribution in [1.82, 2.24) is 5.32 Å². The molecule has 0 bridgehead atoms. The van der Waals surface area contributed by atoms with Gasteiger partial charge in [-0.25, -0.2) is 0 Å². The molecule has 3 N–H and O–H groups in total. The van der Waals surface area contributed by atoms with Gasteiger partial charge in [0, 0.05) is 18.7 Å². The molecule has 1 aliphatic carbocycles. The molecule has 2 rings (SSSR count). The summed E-state index contributed by atoms with van der Waals surface area (Å²) in [6.07, 6.45) is 5.87. The number of phenolic OH excluding ortho intramolecular Hbond substituents is 1. The Kier molecular flexibility index (Phi) is 6.30. The van der Waals surface area contributed by atoms with Crippen LogP contribution in [0.3, 0.4) is 0 Å². The second-order valence-corrected chi connectivity index (χ2v) is 5.51. The van der Waals surface area contributed by atoms with E-state index in [0.717, 1.165) is 18.4 Å². The molecule has 0 saturated heterocycles. The Morgan fingerprint density at radius 1 is 1.20 bits per heavy atom. The van der Waals surface area contributed by atoms with Crippen LogP contribution in [0.1, 0.15) is 37.7 Å². The van der Waals surface area contributed by atoms with Gasteiger partial charge in [0.25, 0.3) is 0 Å². The lowest BCUT2D eigenvalue weighted by Crippen LogP contribution is -2.32. The third kappa shape index (κ3) is 5.12. The molecule has 0 spiro atoms. The Labute approximate surface area is 120 Å². The lowest BCUT2D eigenvalue weighted by atomic mass is 9.98. The molecule has 4 nitrogen and oxygen atoms in total. The molecule has 1 fully saturated rings. The SMILES string of the molecule is Oc1ccccc1CNCC(O)COC1CCCCC1. The predicted octanol–water partition coefficient (Wildman–Crippen LogP) is 2.19. The number of aromatic hydroxyl groups is 1. The molecule has 1 atom stereocenters. The van der Waals surface area contributed by atoms with Gasteiger partial charge in [0.05, 0.1) is 18.8 Å². The Balaban J connectivity index is 1.60. The average molecular weight is 279 g/mol. The van der Waals surface area contributed by atoms with Crippen LogP contribution in [0.5, 0.6) is 5.75 Å². The van der Waals surface area contributed by atoms with Crippen LogP contribution in [-0.2, 0) is 11.3 Å². The van der Waals surface area contributed by atoms with E-state index in [4.69, 9.17) is 4.74 Å². The average Bonchev–Trinajstić information content (AvgIpc) is 2.48. The summed E-state index contributed by atoms with van der Waals surface area (Å²) in [5, 5.41) is 22.6. The van der Waals surface area contributed by atoms with Crippen molar-refractivity contribution >= 4 is 0 Å². The Morgan fingerprint density at radius 2 is 1.95 bits per heavy atom. The van der Waals surface area contributed by atoms with Gasteiger partial charge in [-0.1, -0.05) is 37.5 Å². The monoisotopic (exact) mass is 279 g/mol. The Bertz CT molecular complexity index is 391. The lowest BCUT2D eigenvalue weighted by molar-refractivity contribution is -0.0230. The van der Waals surface area contributed by atoms with Crippen molar-refractivity contribution in [2.45, 2.75) is 50.9 Å². The minimum atomic E-state index is -0.497. The maximum atomic E-state index is 9.88. The van der Waals surface area contributed by atoms with Crippen molar-refractivity contribution in [1.29, 1.82) is 0 Å². The predicted molar refractivity (Wildman–Crippen MR) is 78.6 cm³/mol. The van der Waals surface area contributed by atoms with Crippen molar-refractivity contribution in [2.75, 3.05) is 13.2 Å². The van der Waals surface area contributed by atoms with E-state index in [1.807, 2.05) is 12.1 Å². The minimum absolute atomic E-state index is 0.285. The van der Waals surface area contributed by atoms with Gasteiger partial charge in [-0.3, -0.25) is 0 Å². The summed E-state index contributed by atoms with van der Waals surface area (Å²) in [7, 11) is 0. The van der Waals surface area contributed by atoms with Gasteiger partial charge in [0.2, 0.25) is 0 Å². The summed E-state index contributed by atoms with van der Waals surface area (Å²) in [4.78, 5) is 0. The van der Waals surface area contributed by atoms with Gasteiger partial charge in [-0.05, 0) is 18.9 Å². The molecule has 0 heterocycles. The molecule has 1 saturated carbocycles. The van der Waals surface area contributed by atoms with E-state index in [-0.39, 0.29) is 5.75 Å². The summed E-state index contributed by atoms with van der Waals surface area (Å²) in [6, 6.07) is 7.22. The number of nitrogens with one attached hydrogen (secondary N) is 1. The highest BCUT2D eigenvalue weighted by Gasteiger charge is 2.15. The van der Waals surface area contributed by atoms with Gasteiger partial charge in [-0.15, -0.1) is 0 Å². The number of phenols is 1. The van der Waals surface area contributed by atoms with Gasteiger partial charge in [0.15, 0.2) is 0 Å². The number of hydrogen-bond acceptors (Lipinski definition) is 4. The zero-order valence-corrected chi connectivity index (χ0v) is 11.9. The number of aliphatic hydroxyl groups is 1. The lowest BCUT2D eigenvalue weighted by Gasteiger charge is -2.23. The maximum Gasteiger partial charge on any atom is 0.120 e. The van der Waals surface area contributed by atoms with Gasteiger partial charge < -0.3 is 20.3 Å². The fourth-order valence-corrected chi connectivity index (χ4v) is 2.57. The zero-order chi connectivity index (χ0) is 14.2. The van der Waals surface area contributed by atoms with Crippen LogP contribution in [-0.4, -0.2) is 35.6 Å². The topological polar surface area (TPSA) is 61.7 Å². The molecule has 112 valence electrons. The summed E-state index contributed by atoms with van der Waals surface area (Å²) in [6.45, 7) is 1.41. The summed E-state index contributed by atoms with van der Waals surface area (Å²) < 4.78 is 5.73. The standard InChI is InChI=1S/C16H25NO3/c18-14(12-20-15-7-2-1-3-8-15)11-17-10-13-6-4-5-9-16(13)19/h4-6,9,14-15,17-19H,1-3,7-8,10-12H2. The number of para-hydroxylation sites is 1. The largest absolute Gasteiger partial charge is 0.508 e. The molecule has 1 aliphatic rings. The van der Waals surface area contributed by atoms with E-state index < -0.39 is 6.10 Å². The zero-order valence-electron chi connectivity index (χ0n) is 11.9. The van der Waals surface area contributed by atoms with E-state index in [9.17, 15) is 10.2 Å². The van der Waals surface area contributed by atoms with Crippen LogP contribution < -0.4 is 5.32 Å². The molecule has 0 radical (unpaired) electrons. The highest BCUT2D eigenvalue weighted by molar-refractivity contribution is 5.31. The van der Waals surface area contributed by atoms with Crippen LogP contribution >= 0.6 is 0 Å². The highest BCUT2D eigenvalue weighted by atomic mass is 16.5. The third-order valence-electron chi connectivity index (χ3n) is 3.76. The molecule has 1 unspecified atom stereocenters. The van der Waals surface area contributed by atoms with Crippen LogP contribution in [0, 0.1) is 0 Å². The molecule has 4 heteroatoms. The molecule has 1 aromatic carbocycles.